The summed E-state index contributed by atoms with van der Waals surface area (Å²) in [6, 6.07) is 7.07. The van der Waals surface area contributed by atoms with Crippen molar-refractivity contribution in [3.8, 4) is 5.69 Å². The third-order valence-electron chi connectivity index (χ3n) is 4.89. The fourth-order valence-corrected chi connectivity index (χ4v) is 3.46. The van der Waals surface area contributed by atoms with Gasteiger partial charge in [0, 0.05) is 16.9 Å². The van der Waals surface area contributed by atoms with Crippen molar-refractivity contribution in [2.45, 2.75) is 34.6 Å². The summed E-state index contributed by atoms with van der Waals surface area (Å²) in [7, 11) is 0. The highest BCUT2D eigenvalue weighted by Crippen LogP contribution is 2.21. The summed E-state index contributed by atoms with van der Waals surface area (Å²) in [5, 5.41) is 7.09. The molecule has 3 aromatic rings. The Morgan fingerprint density at radius 1 is 1.13 bits per heavy atom. The number of aromatic amines is 1. The van der Waals surface area contributed by atoms with Gasteiger partial charge in [0.05, 0.1) is 24.2 Å². The average molecular weight is 408 g/mol. The molecule has 0 unspecified atom stereocenters. The van der Waals surface area contributed by atoms with Gasteiger partial charge in [0.15, 0.2) is 5.78 Å². The molecule has 8 nitrogen and oxygen atoms in total. The average Bonchev–Trinajstić information content (AvgIpc) is 3.22. The summed E-state index contributed by atoms with van der Waals surface area (Å²) >= 11 is 0. The van der Waals surface area contributed by atoms with E-state index >= 15 is 0 Å². The Hall–Kier alpha value is -3.68. The van der Waals surface area contributed by atoms with Crippen molar-refractivity contribution in [3.63, 3.8) is 0 Å². The van der Waals surface area contributed by atoms with Gasteiger partial charge in [-0.2, -0.15) is 5.10 Å². The predicted octanol–water partition coefficient (Wildman–Crippen LogP) is 3.76. The Morgan fingerprint density at radius 2 is 1.80 bits per heavy atom. The molecule has 0 radical (unpaired) electrons. The fraction of sp³-hybridized carbons (Fsp3) is 0.273. The largest absolute Gasteiger partial charge is 0.462 e. The number of carbonyl (C=O) groups excluding carboxylic acids is 3. The molecule has 0 saturated heterocycles. The number of hydrogen-bond acceptors (Lipinski definition) is 5. The summed E-state index contributed by atoms with van der Waals surface area (Å²) in [6.07, 6.45) is 1.48. The lowest BCUT2D eigenvalue weighted by atomic mass is 10.1. The molecular weight excluding hydrogens is 384 g/mol. The third kappa shape index (κ3) is 3.89. The number of nitrogens with one attached hydrogen (secondary N) is 2. The zero-order valence-corrected chi connectivity index (χ0v) is 17.6. The van der Waals surface area contributed by atoms with Crippen LogP contribution in [0.5, 0.6) is 0 Å². The first-order valence-corrected chi connectivity index (χ1v) is 9.58. The molecule has 2 aromatic heterocycles. The van der Waals surface area contributed by atoms with E-state index in [-0.39, 0.29) is 11.7 Å². The summed E-state index contributed by atoms with van der Waals surface area (Å²) in [5.74, 6) is -0.816. The van der Waals surface area contributed by atoms with Gasteiger partial charge in [0.1, 0.15) is 11.3 Å². The van der Waals surface area contributed by atoms with Crippen LogP contribution in [0.4, 0.5) is 5.69 Å². The zero-order chi connectivity index (χ0) is 22.0. The van der Waals surface area contributed by atoms with Crippen molar-refractivity contribution in [3.05, 3.63) is 64.2 Å². The number of carbonyl (C=O) groups is 3. The molecule has 2 N–H and O–H groups in total. The highest BCUT2D eigenvalue weighted by molar-refractivity contribution is 6.07. The number of ketones is 1. The molecule has 8 heteroatoms. The van der Waals surface area contributed by atoms with Gasteiger partial charge >= 0.3 is 5.97 Å². The molecule has 0 aliphatic rings. The van der Waals surface area contributed by atoms with E-state index in [1.807, 2.05) is 0 Å². The number of rotatable bonds is 6. The number of amides is 1. The molecule has 0 aliphatic heterocycles. The minimum absolute atomic E-state index is 0.0820. The monoisotopic (exact) mass is 408 g/mol. The first kappa shape index (κ1) is 21.0. The van der Waals surface area contributed by atoms with E-state index in [1.165, 1.54) is 13.1 Å². The summed E-state index contributed by atoms with van der Waals surface area (Å²) in [4.78, 5) is 39.4. The lowest BCUT2D eigenvalue weighted by Gasteiger charge is -2.08. The predicted molar refractivity (Wildman–Crippen MR) is 112 cm³/mol. The van der Waals surface area contributed by atoms with Crippen LogP contribution in [0.25, 0.3) is 5.69 Å². The first-order chi connectivity index (χ1) is 14.2. The SMILES string of the molecule is CCOC(=O)c1cnn(-c2ccc(NC(=O)c3[nH]c(C)c(C(C)=O)c3C)cc2)c1C. The summed E-state index contributed by atoms with van der Waals surface area (Å²) in [5.41, 5.74) is 4.63. The van der Waals surface area contributed by atoms with Crippen LogP contribution in [0.1, 0.15) is 62.0 Å². The lowest BCUT2D eigenvalue weighted by Crippen LogP contribution is -2.14. The maximum Gasteiger partial charge on any atom is 0.341 e. The van der Waals surface area contributed by atoms with Crippen molar-refractivity contribution in [2.75, 3.05) is 11.9 Å². The number of anilines is 1. The van der Waals surface area contributed by atoms with Crippen LogP contribution in [0.3, 0.4) is 0 Å². The van der Waals surface area contributed by atoms with Gasteiger partial charge in [-0.15, -0.1) is 0 Å². The molecule has 3 rings (SSSR count). The lowest BCUT2D eigenvalue weighted by molar-refractivity contribution is 0.0525. The van der Waals surface area contributed by atoms with E-state index < -0.39 is 5.97 Å². The molecule has 0 atom stereocenters. The zero-order valence-electron chi connectivity index (χ0n) is 17.6. The first-order valence-electron chi connectivity index (χ1n) is 9.58. The van der Waals surface area contributed by atoms with E-state index in [0.717, 1.165) is 5.69 Å². The number of Topliss-reactive ketones (excluding diaryl/α,β-unsaturated/α-hetero) is 1. The van der Waals surface area contributed by atoms with Crippen LogP contribution < -0.4 is 5.32 Å². The maximum atomic E-state index is 12.6. The van der Waals surface area contributed by atoms with Crippen LogP contribution in [-0.2, 0) is 4.74 Å². The van der Waals surface area contributed by atoms with Gasteiger partial charge in [-0.05, 0) is 64.4 Å². The Morgan fingerprint density at radius 3 is 2.37 bits per heavy atom. The Bertz CT molecular complexity index is 1120. The molecule has 1 aromatic carbocycles. The number of aryl methyl sites for hydroxylation is 1. The number of nitrogens with zero attached hydrogens (tertiary/aromatic N) is 2. The minimum Gasteiger partial charge on any atom is -0.462 e. The molecule has 0 saturated carbocycles. The van der Waals surface area contributed by atoms with Crippen molar-refractivity contribution in [1.82, 2.24) is 14.8 Å². The number of ether oxygens (including phenoxy) is 1. The van der Waals surface area contributed by atoms with Crippen molar-refractivity contribution in [1.29, 1.82) is 0 Å². The standard InChI is InChI=1S/C22H24N4O4/c1-6-30-22(29)18-11-23-26(14(18)4)17-9-7-16(8-10-17)25-21(28)20-12(2)19(15(5)27)13(3)24-20/h7-11,24H,6H2,1-5H3,(H,25,28). The van der Waals surface area contributed by atoms with Gasteiger partial charge < -0.3 is 15.0 Å². The molecule has 30 heavy (non-hydrogen) atoms. The smallest absolute Gasteiger partial charge is 0.341 e. The minimum atomic E-state index is -0.410. The van der Waals surface area contributed by atoms with Crippen molar-refractivity contribution in [2.24, 2.45) is 0 Å². The number of benzene rings is 1. The van der Waals surface area contributed by atoms with Crippen LogP contribution in [0.2, 0.25) is 0 Å². The number of esters is 1. The van der Waals surface area contributed by atoms with Crippen LogP contribution in [0, 0.1) is 20.8 Å². The number of H-pyrrole nitrogens is 1. The second-order valence-electron chi connectivity index (χ2n) is 6.96. The van der Waals surface area contributed by atoms with E-state index in [4.69, 9.17) is 4.74 Å². The number of aromatic nitrogens is 3. The normalized spacial score (nSPS) is 10.7. The van der Waals surface area contributed by atoms with Gasteiger partial charge in [-0.1, -0.05) is 0 Å². The highest BCUT2D eigenvalue weighted by atomic mass is 16.5. The van der Waals surface area contributed by atoms with E-state index in [2.05, 4.69) is 15.4 Å². The topological polar surface area (TPSA) is 106 Å². The second kappa shape index (κ2) is 8.36. The van der Waals surface area contributed by atoms with Crippen LogP contribution in [0.15, 0.2) is 30.5 Å². The van der Waals surface area contributed by atoms with Gasteiger partial charge in [0.2, 0.25) is 0 Å². The molecule has 0 spiro atoms. The molecule has 1 amide bonds. The third-order valence-corrected chi connectivity index (χ3v) is 4.89. The molecule has 0 fully saturated rings. The van der Waals surface area contributed by atoms with E-state index in [9.17, 15) is 14.4 Å². The summed E-state index contributed by atoms with van der Waals surface area (Å²) in [6.45, 7) is 8.84. The van der Waals surface area contributed by atoms with E-state index in [1.54, 1.807) is 56.6 Å². The van der Waals surface area contributed by atoms with Crippen LogP contribution >= 0.6 is 0 Å². The Labute approximate surface area is 174 Å². The molecule has 0 bridgehead atoms. The van der Waals surface area contributed by atoms with Crippen molar-refractivity contribution >= 4 is 23.3 Å². The quantitative estimate of drug-likeness (QED) is 0.477. The van der Waals surface area contributed by atoms with Gasteiger partial charge in [-0.3, -0.25) is 9.59 Å². The van der Waals surface area contributed by atoms with Gasteiger partial charge in [-0.25, -0.2) is 9.48 Å². The van der Waals surface area contributed by atoms with Crippen LogP contribution in [-0.4, -0.2) is 39.0 Å². The summed E-state index contributed by atoms with van der Waals surface area (Å²) < 4.78 is 6.67. The highest BCUT2D eigenvalue weighted by Gasteiger charge is 2.20. The second-order valence-corrected chi connectivity index (χ2v) is 6.96. The fourth-order valence-electron chi connectivity index (χ4n) is 3.46. The Kier molecular flexibility index (Phi) is 5.86. The molecular formula is C22H24N4O4. The molecule has 0 aliphatic carbocycles. The molecule has 156 valence electrons. The number of hydrogen-bond donors (Lipinski definition) is 2. The molecule has 2 heterocycles. The Balaban J connectivity index is 1.79. The van der Waals surface area contributed by atoms with E-state index in [0.29, 0.717) is 46.1 Å². The van der Waals surface area contributed by atoms with Gasteiger partial charge in [0.25, 0.3) is 5.91 Å². The van der Waals surface area contributed by atoms with Crippen molar-refractivity contribution < 1.29 is 19.1 Å². The maximum absolute atomic E-state index is 12.6.